The first-order valence-corrected chi connectivity index (χ1v) is 8.61. The summed E-state index contributed by atoms with van der Waals surface area (Å²) in [7, 11) is 0. The molecule has 3 amide bonds. The predicted octanol–water partition coefficient (Wildman–Crippen LogP) is 2.77. The SMILES string of the molecule is CCCCc1noc(CN2C(=O)NC(CC)(c3ccccc3)C2=O)n1. The van der Waals surface area contributed by atoms with Crippen LogP contribution in [0.3, 0.4) is 0 Å². The molecular weight excluding hydrogens is 320 g/mol. The molecule has 25 heavy (non-hydrogen) atoms. The minimum Gasteiger partial charge on any atom is -0.337 e. The van der Waals surface area contributed by atoms with Crippen molar-refractivity contribution in [2.75, 3.05) is 0 Å². The fourth-order valence-corrected chi connectivity index (χ4v) is 3.06. The van der Waals surface area contributed by atoms with Crippen molar-refractivity contribution in [1.82, 2.24) is 20.4 Å². The standard InChI is InChI=1S/C18H22N4O3/c1-3-5-11-14-19-15(25-21-14)12-22-16(23)18(4-2,20-17(22)24)13-9-7-6-8-10-13/h6-10H,3-5,11-12H2,1-2H3,(H,20,24). The Bertz CT molecular complexity index is 759. The first-order chi connectivity index (χ1) is 12.1. The Morgan fingerprint density at radius 2 is 1.96 bits per heavy atom. The smallest absolute Gasteiger partial charge is 0.325 e. The number of hydrogen-bond donors (Lipinski definition) is 1. The molecule has 1 atom stereocenters. The van der Waals surface area contributed by atoms with Gasteiger partial charge in [-0.1, -0.05) is 55.8 Å². The van der Waals surface area contributed by atoms with Crippen LogP contribution in [0.4, 0.5) is 4.79 Å². The fraction of sp³-hybridized carbons (Fsp3) is 0.444. The van der Waals surface area contributed by atoms with Gasteiger partial charge in [0.15, 0.2) is 5.82 Å². The summed E-state index contributed by atoms with van der Waals surface area (Å²) in [5.74, 6) is 0.586. The molecule has 0 aliphatic carbocycles. The Kier molecular flexibility index (Phi) is 4.83. The van der Waals surface area contributed by atoms with E-state index >= 15 is 0 Å². The number of carbonyl (C=O) groups excluding carboxylic acids is 2. The van der Waals surface area contributed by atoms with Gasteiger partial charge in [-0.3, -0.25) is 9.69 Å². The molecule has 7 nitrogen and oxygen atoms in total. The third kappa shape index (κ3) is 3.14. The van der Waals surface area contributed by atoms with Gasteiger partial charge < -0.3 is 9.84 Å². The summed E-state index contributed by atoms with van der Waals surface area (Å²) < 4.78 is 5.19. The molecule has 0 spiro atoms. The molecule has 1 N–H and O–H groups in total. The highest BCUT2D eigenvalue weighted by Gasteiger charge is 2.51. The minimum atomic E-state index is -1.04. The van der Waals surface area contributed by atoms with Crippen LogP contribution in [0.15, 0.2) is 34.9 Å². The van der Waals surface area contributed by atoms with E-state index in [1.54, 1.807) is 0 Å². The van der Waals surface area contributed by atoms with Crippen molar-refractivity contribution in [1.29, 1.82) is 0 Å². The van der Waals surface area contributed by atoms with E-state index in [2.05, 4.69) is 22.4 Å². The molecule has 1 aliphatic heterocycles. The number of nitrogens with zero attached hydrogens (tertiary/aromatic N) is 3. The molecule has 132 valence electrons. The average Bonchev–Trinajstić information content (AvgIpc) is 3.19. The van der Waals surface area contributed by atoms with E-state index < -0.39 is 11.6 Å². The number of nitrogens with one attached hydrogen (secondary N) is 1. The molecule has 7 heteroatoms. The summed E-state index contributed by atoms with van der Waals surface area (Å²) in [5, 5.41) is 6.75. The molecule has 3 rings (SSSR count). The lowest BCUT2D eigenvalue weighted by atomic mass is 9.87. The van der Waals surface area contributed by atoms with Gasteiger partial charge in [0, 0.05) is 6.42 Å². The number of urea groups is 1. The van der Waals surface area contributed by atoms with Crippen LogP contribution in [0.25, 0.3) is 0 Å². The number of aryl methyl sites for hydroxylation is 1. The second-order valence-corrected chi connectivity index (χ2v) is 6.15. The maximum Gasteiger partial charge on any atom is 0.325 e. The second kappa shape index (κ2) is 7.04. The van der Waals surface area contributed by atoms with Crippen LogP contribution in [-0.4, -0.2) is 27.0 Å². The highest BCUT2D eigenvalue weighted by molar-refractivity contribution is 6.07. The Morgan fingerprint density at radius 3 is 2.64 bits per heavy atom. The summed E-state index contributed by atoms with van der Waals surface area (Å²) in [4.78, 5) is 30.8. The van der Waals surface area contributed by atoms with Crippen LogP contribution < -0.4 is 5.32 Å². The van der Waals surface area contributed by atoms with Crippen LogP contribution >= 0.6 is 0 Å². The zero-order chi connectivity index (χ0) is 17.9. The van der Waals surface area contributed by atoms with E-state index in [-0.39, 0.29) is 18.3 Å². The van der Waals surface area contributed by atoms with Gasteiger partial charge in [0.05, 0.1) is 0 Å². The van der Waals surface area contributed by atoms with Crippen molar-refractivity contribution < 1.29 is 14.1 Å². The molecule has 0 saturated carbocycles. The van der Waals surface area contributed by atoms with Gasteiger partial charge in [-0.15, -0.1) is 0 Å². The van der Waals surface area contributed by atoms with Crippen LogP contribution in [0.5, 0.6) is 0 Å². The quantitative estimate of drug-likeness (QED) is 0.782. The minimum absolute atomic E-state index is 0.0155. The topological polar surface area (TPSA) is 88.3 Å². The van der Waals surface area contributed by atoms with E-state index in [1.807, 2.05) is 37.3 Å². The zero-order valence-electron chi connectivity index (χ0n) is 14.5. The van der Waals surface area contributed by atoms with Crippen LogP contribution in [0.2, 0.25) is 0 Å². The van der Waals surface area contributed by atoms with Gasteiger partial charge in [0.2, 0.25) is 5.89 Å². The summed E-state index contributed by atoms with van der Waals surface area (Å²) >= 11 is 0. The van der Waals surface area contributed by atoms with Crippen LogP contribution in [-0.2, 0) is 23.3 Å². The molecule has 2 heterocycles. The maximum absolute atomic E-state index is 13.0. The third-order valence-electron chi connectivity index (χ3n) is 4.53. The average molecular weight is 342 g/mol. The van der Waals surface area contributed by atoms with Gasteiger partial charge in [0.1, 0.15) is 12.1 Å². The van der Waals surface area contributed by atoms with Crippen molar-refractivity contribution >= 4 is 11.9 Å². The number of unbranched alkanes of at least 4 members (excludes halogenated alkanes) is 1. The second-order valence-electron chi connectivity index (χ2n) is 6.15. The van der Waals surface area contributed by atoms with E-state index in [0.717, 1.165) is 29.7 Å². The predicted molar refractivity (Wildman–Crippen MR) is 90.4 cm³/mol. The molecular formula is C18H22N4O3. The number of rotatable bonds is 7. The summed E-state index contributed by atoms with van der Waals surface area (Å²) in [6.45, 7) is 3.95. The Balaban J connectivity index is 1.80. The molecule has 0 bridgehead atoms. The number of aromatic nitrogens is 2. The third-order valence-corrected chi connectivity index (χ3v) is 4.53. The largest absolute Gasteiger partial charge is 0.337 e. The molecule has 1 aromatic heterocycles. The fourth-order valence-electron chi connectivity index (χ4n) is 3.06. The molecule has 1 aromatic carbocycles. The van der Waals surface area contributed by atoms with E-state index in [4.69, 9.17) is 4.52 Å². The van der Waals surface area contributed by atoms with E-state index in [9.17, 15) is 9.59 Å². The lowest BCUT2D eigenvalue weighted by Crippen LogP contribution is -2.43. The van der Waals surface area contributed by atoms with E-state index in [1.165, 1.54) is 0 Å². The first-order valence-electron chi connectivity index (χ1n) is 8.61. The van der Waals surface area contributed by atoms with Crippen LogP contribution in [0, 0.1) is 0 Å². The maximum atomic E-state index is 13.0. The molecule has 0 radical (unpaired) electrons. The molecule has 1 unspecified atom stereocenters. The lowest BCUT2D eigenvalue weighted by molar-refractivity contribution is -0.132. The molecule has 2 aromatic rings. The Hall–Kier alpha value is -2.70. The summed E-state index contributed by atoms with van der Waals surface area (Å²) in [5.41, 5.74) is -0.267. The highest BCUT2D eigenvalue weighted by atomic mass is 16.5. The Morgan fingerprint density at radius 1 is 1.20 bits per heavy atom. The van der Waals surface area contributed by atoms with Crippen molar-refractivity contribution in [3.05, 3.63) is 47.6 Å². The van der Waals surface area contributed by atoms with Crippen molar-refractivity contribution in [3.8, 4) is 0 Å². The van der Waals surface area contributed by atoms with Crippen molar-refractivity contribution in [3.63, 3.8) is 0 Å². The number of amides is 3. The summed E-state index contributed by atoms with van der Waals surface area (Å²) in [6, 6.07) is 8.84. The van der Waals surface area contributed by atoms with Gasteiger partial charge in [-0.2, -0.15) is 4.98 Å². The highest BCUT2D eigenvalue weighted by Crippen LogP contribution is 2.32. The van der Waals surface area contributed by atoms with Gasteiger partial charge in [-0.25, -0.2) is 4.79 Å². The number of hydrogen-bond acceptors (Lipinski definition) is 5. The van der Waals surface area contributed by atoms with Gasteiger partial charge in [-0.05, 0) is 18.4 Å². The number of benzene rings is 1. The molecule has 1 saturated heterocycles. The monoisotopic (exact) mass is 342 g/mol. The molecule has 1 fully saturated rings. The normalized spacial score (nSPS) is 20.2. The van der Waals surface area contributed by atoms with Crippen molar-refractivity contribution in [2.45, 2.75) is 51.6 Å². The number of imide groups is 1. The van der Waals surface area contributed by atoms with Gasteiger partial charge in [0.25, 0.3) is 5.91 Å². The summed E-state index contributed by atoms with van der Waals surface area (Å²) in [6.07, 6.45) is 3.19. The first kappa shape index (κ1) is 17.1. The Labute approximate surface area is 146 Å². The van der Waals surface area contributed by atoms with Crippen molar-refractivity contribution in [2.24, 2.45) is 0 Å². The van der Waals surface area contributed by atoms with Crippen LogP contribution in [0.1, 0.15) is 50.4 Å². The lowest BCUT2D eigenvalue weighted by Gasteiger charge is -2.25. The molecule has 1 aliphatic rings. The zero-order valence-corrected chi connectivity index (χ0v) is 14.5. The van der Waals surface area contributed by atoms with E-state index in [0.29, 0.717) is 12.2 Å². The number of carbonyl (C=O) groups is 2. The van der Waals surface area contributed by atoms with Gasteiger partial charge >= 0.3 is 6.03 Å².